The second-order valence-electron chi connectivity index (χ2n) is 9.81. The van der Waals surface area contributed by atoms with Crippen LogP contribution in [0.3, 0.4) is 0 Å². The van der Waals surface area contributed by atoms with E-state index in [-0.39, 0.29) is 0 Å². The molecule has 0 aromatic rings. The molecule has 1 unspecified atom stereocenters. The highest BCUT2D eigenvalue weighted by Gasteiger charge is 2.44. The maximum absolute atomic E-state index is 2.81. The molecule has 146 valence electrons. The molecule has 0 N–H and O–H groups in total. The predicted octanol–water partition coefficient (Wildman–Crippen LogP) is 4.08. The van der Waals surface area contributed by atoms with E-state index in [1.54, 1.807) is 0 Å². The number of rotatable bonds is 8. The topological polar surface area (TPSA) is 9.72 Å². The van der Waals surface area contributed by atoms with Gasteiger partial charge in [0, 0.05) is 18.6 Å². The Labute approximate surface area is 157 Å². The Bertz CT molecular complexity index is 390. The third-order valence-electron chi connectivity index (χ3n) is 7.48. The highest BCUT2D eigenvalue weighted by Crippen LogP contribution is 2.52. The van der Waals surface area contributed by atoms with Gasteiger partial charge in [-0.05, 0) is 96.6 Å². The maximum atomic E-state index is 2.81. The zero-order chi connectivity index (χ0) is 17.9. The molecule has 0 radical (unpaired) electrons. The van der Waals surface area contributed by atoms with E-state index < -0.39 is 0 Å². The van der Waals surface area contributed by atoms with Gasteiger partial charge in [-0.1, -0.05) is 26.7 Å². The van der Waals surface area contributed by atoms with Crippen molar-refractivity contribution in [3.8, 4) is 0 Å². The molecule has 1 atom stereocenters. The molecular formula is C22H43N3. The minimum atomic E-state index is 0.710. The zero-order valence-electron chi connectivity index (χ0n) is 17.5. The van der Waals surface area contributed by atoms with Crippen molar-refractivity contribution in [3.05, 3.63) is 0 Å². The standard InChI is InChI=1S/C22H43N3/c1-5-6-19(2)17-22(11-12-22)18-25-15-9-21(10-16-25)24(4)20-7-13-23(3)14-8-20/h19-21H,5-18H2,1-4H3. The SMILES string of the molecule is CCCC(C)CC1(CN2CCC(N(C)C3CCN(C)CC3)CC2)CC1. The van der Waals surface area contributed by atoms with Crippen LogP contribution in [0.1, 0.15) is 71.6 Å². The van der Waals surface area contributed by atoms with E-state index in [0.29, 0.717) is 5.41 Å². The number of hydrogen-bond donors (Lipinski definition) is 0. The van der Waals surface area contributed by atoms with E-state index in [9.17, 15) is 0 Å². The third-order valence-corrected chi connectivity index (χ3v) is 7.48. The smallest absolute Gasteiger partial charge is 0.0119 e. The van der Waals surface area contributed by atoms with Crippen LogP contribution in [0.5, 0.6) is 0 Å². The third kappa shape index (κ3) is 5.43. The molecule has 25 heavy (non-hydrogen) atoms. The van der Waals surface area contributed by atoms with E-state index in [0.717, 1.165) is 18.0 Å². The van der Waals surface area contributed by atoms with E-state index in [1.807, 2.05) is 0 Å². The molecule has 1 saturated carbocycles. The lowest BCUT2D eigenvalue weighted by Gasteiger charge is -2.43. The van der Waals surface area contributed by atoms with E-state index in [4.69, 9.17) is 0 Å². The van der Waals surface area contributed by atoms with Crippen LogP contribution in [-0.4, -0.2) is 73.6 Å². The molecular weight excluding hydrogens is 306 g/mol. The monoisotopic (exact) mass is 349 g/mol. The molecule has 1 aliphatic carbocycles. The van der Waals surface area contributed by atoms with Crippen molar-refractivity contribution in [3.63, 3.8) is 0 Å². The molecule has 3 aliphatic rings. The lowest BCUT2D eigenvalue weighted by atomic mass is 9.89. The first-order valence-corrected chi connectivity index (χ1v) is 11.1. The fourth-order valence-corrected chi connectivity index (χ4v) is 5.60. The van der Waals surface area contributed by atoms with Crippen molar-refractivity contribution >= 4 is 0 Å². The van der Waals surface area contributed by atoms with Crippen molar-refractivity contribution < 1.29 is 0 Å². The normalized spacial score (nSPS) is 27.7. The van der Waals surface area contributed by atoms with E-state index >= 15 is 0 Å². The molecule has 3 nitrogen and oxygen atoms in total. The fourth-order valence-electron chi connectivity index (χ4n) is 5.60. The Kier molecular flexibility index (Phi) is 6.84. The van der Waals surface area contributed by atoms with Crippen molar-refractivity contribution in [2.24, 2.45) is 11.3 Å². The summed E-state index contributed by atoms with van der Waals surface area (Å²) in [6.45, 7) is 11.5. The summed E-state index contributed by atoms with van der Waals surface area (Å²) in [6.07, 6.45) is 12.8. The van der Waals surface area contributed by atoms with Crippen LogP contribution in [0.2, 0.25) is 0 Å². The van der Waals surface area contributed by atoms with Crippen LogP contribution < -0.4 is 0 Å². The zero-order valence-corrected chi connectivity index (χ0v) is 17.5. The van der Waals surface area contributed by atoms with Gasteiger partial charge in [0.2, 0.25) is 0 Å². The van der Waals surface area contributed by atoms with Crippen molar-refractivity contribution in [2.75, 3.05) is 46.8 Å². The van der Waals surface area contributed by atoms with E-state index in [1.165, 1.54) is 90.5 Å². The van der Waals surface area contributed by atoms with Crippen molar-refractivity contribution in [2.45, 2.75) is 83.7 Å². The van der Waals surface area contributed by atoms with E-state index in [2.05, 4.69) is 42.6 Å². The molecule has 0 spiro atoms. The van der Waals surface area contributed by atoms with Gasteiger partial charge in [0.15, 0.2) is 0 Å². The second-order valence-corrected chi connectivity index (χ2v) is 9.81. The minimum absolute atomic E-state index is 0.710. The van der Waals surface area contributed by atoms with Gasteiger partial charge in [-0.25, -0.2) is 0 Å². The summed E-state index contributed by atoms with van der Waals surface area (Å²) < 4.78 is 0. The largest absolute Gasteiger partial charge is 0.306 e. The lowest BCUT2D eigenvalue weighted by molar-refractivity contribution is 0.0587. The minimum Gasteiger partial charge on any atom is -0.306 e. The number of nitrogens with zero attached hydrogens (tertiary/aromatic N) is 3. The summed E-state index contributed by atoms with van der Waals surface area (Å²) in [6, 6.07) is 1.66. The Balaban J connectivity index is 1.40. The summed E-state index contributed by atoms with van der Waals surface area (Å²) in [4.78, 5) is 8.05. The van der Waals surface area contributed by atoms with Crippen LogP contribution in [0.25, 0.3) is 0 Å². The van der Waals surface area contributed by atoms with Gasteiger partial charge in [0.05, 0.1) is 0 Å². The van der Waals surface area contributed by atoms with Crippen molar-refractivity contribution in [1.29, 1.82) is 0 Å². The Morgan fingerprint density at radius 2 is 1.56 bits per heavy atom. The average molecular weight is 350 g/mol. The first-order chi connectivity index (χ1) is 12.0. The maximum Gasteiger partial charge on any atom is 0.0119 e. The van der Waals surface area contributed by atoms with Gasteiger partial charge >= 0.3 is 0 Å². The molecule has 2 aliphatic heterocycles. The molecule has 0 bridgehead atoms. The van der Waals surface area contributed by atoms with Gasteiger partial charge < -0.3 is 14.7 Å². The highest BCUT2D eigenvalue weighted by atomic mass is 15.2. The average Bonchev–Trinajstić information content (AvgIpc) is 3.34. The quantitative estimate of drug-likeness (QED) is 0.654. The molecule has 0 aromatic heterocycles. The Morgan fingerprint density at radius 1 is 1.00 bits per heavy atom. The first-order valence-electron chi connectivity index (χ1n) is 11.1. The fraction of sp³-hybridized carbons (Fsp3) is 1.00. The molecule has 3 fully saturated rings. The lowest BCUT2D eigenvalue weighted by Crippen LogP contribution is -2.50. The van der Waals surface area contributed by atoms with Crippen LogP contribution in [0.4, 0.5) is 0 Å². The second kappa shape index (κ2) is 8.71. The summed E-state index contributed by atoms with van der Waals surface area (Å²) in [5, 5.41) is 0. The van der Waals surface area contributed by atoms with Gasteiger partial charge in [0.25, 0.3) is 0 Å². The number of piperidine rings is 2. The predicted molar refractivity (Wildman–Crippen MR) is 108 cm³/mol. The van der Waals surface area contributed by atoms with Crippen molar-refractivity contribution in [1.82, 2.24) is 14.7 Å². The van der Waals surface area contributed by atoms with Gasteiger partial charge in [0.1, 0.15) is 0 Å². The summed E-state index contributed by atoms with van der Waals surface area (Å²) >= 11 is 0. The van der Waals surface area contributed by atoms with Gasteiger partial charge in [-0.3, -0.25) is 0 Å². The van der Waals surface area contributed by atoms with Crippen LogP contribution in [0.15, 0.2) is 0 Å². The molecule has 0 amide bonds. The molecule has 2 heterocycles. The molecule has 3 heteroatoms. The van der Waals surface area contributed by atoms with Crippen LogP contribution in [-0.2, 0) is 0 Å². The Hall–Kier alpha value is -0.120. The Morgan fingerprint density at radius 3 is 2.08 bits per heavy atom. The van der Waals surface area contributed by atoms with Gasteiger partial charge in [-0.15, -0.1) is 0 Å². The van der Waals surface area contributed by atoms with Crippen LogP contribution >= 0.6 is 0 Å². The number of likely N-dealkylation sites (tertiary alicyclic amines) is 2. The molecule has 0 aromatic carbocycles. The summed E-state index contributed by atoms with van der Waals surface area (Å²) in [5.41, 5.74) is 0.710. The highest BCUT2D eigenvalue weighted by molar-refractivity contribution is 4.97. The summed E-state index contributed by atoms with van der Waals surface area (Å²) in [7, 11) is 4.68. The van der Waals surface area contributed by atoms with Gasteiger partial charge in [-0.2, -0.15) is 0 Å². The summed E-state index contributed by atoms with van der Waals surface area (Å²) in [5.74, 6) is 0.931. The molecule has 3 rings (SSSR count). The van der Waals surface area contributed by atoms with Crippen LogP contribution in [0, 0.1) is 11.3 Å². The first kappa shape index (κ1) is 19.6. The molecule has 2 saturated heterocycles. The number of hydrogen-bond acceptors (Lipinski definition) is 3.